The summed E-state index contributed by atoms with van der Waals surface area (Å²) in [5.41, 5.74) is 1.38. The minimum Gasteiger partial charge on any atom is -0.492 e. The maximum Gasteiger partial charge on any atom is 0.265 e. The number of halogens is 1. The fourth-order valence-electron chi connectivity index (χ4n) is 3.10. The van der Waals surface area contributed by atoms with Gasteiger partial charge in [0.1, 0.15) is 23.9 Å². The number of anilines is 2. The number of para-hydroxylation sites is 1. The van der Waals surface area contributed by atoms with Crippen LogP contribution in [0, 0.1) is 5.82 Å². The van der Waals surface area contributed by atoms with Crippen molar-refractivity contribution in [2.45, 2.75) is 0 Å². The lowest BCUT2D eigenvalue weighted by Crippen LogP contribution is -2.41. The third-order valence-corrected chi connectivity index (χ3v) is 4.59. The van der Waals surface area contributed by atoms with Gasteiger partial charge in [-0.1, -0.05) is 18.2 Å². The highest BCUT2D eigenvalue weighted by Gasteiger charge is 2.26. The van der Waals surface area contributed by atoms with E-state index in [0.29, 0.717) is 35.8 Å². The van der Waals surface area contributed by atoms with Crippen LogP contribution < -0.4 is 19.7 Å². The van der Waals surface area contributed by atoms with Crippen LogP contribution in [0.15, 0.2) is 72.8 Å². The van der Waals surface area contributed by atoms with Gasteiger partial charge in [-0.05, 0) is 54.6 Å². The molecule has 3 aromatic rings. The summed E-state index contributed by atoms with van der Waals surface area (Å²) < 4.78 is 24.3. The molecule has 0 aliphatic carbocycles. The van der Waals surface area contributed by atoms with E-state index in [4.69, 9.17) is 9.47 Å². The number of carbonyl (C=O) groups excluding carboxylic acids is 2. The van der Waals surface area contributed by atoms with Gasteiger partial charge in [0.25, 0.3) is 11.8 Å². The third-order valence-electron chi connectivity index (χ3n) is 4.59. The Morgan fingerprint density at radius 1 is 1.07 bits per heavy atom. The molecule has 0 radical (unpaired) electrons. The Bertz CT molecular complexity index is 1050. The number of hydrogen-bond acceptors (Lipinski definition) is 4. The van der Waals surface area contributed by atoms with Gasteiger partial charge in [-0.2, -0.15) is 0 Å². The van der Waals surface area contributed by atoms with E-state index in [1.54, 1.807) is 23.1 Å². The fraction of sp³-hybridized carbons (Fsp3) is 0.130. The van der Waals surface area contributed by atoms with E-state index in [1.807, 2.05) is 30.3 Å². The van der Waals surface area contributed by atoms with Crippen molar-refractivity contribution in [2.24, 2.45) is 0 Å². The maximum atomic E-state index is 13.1. The van der Waals surface area contributed by atoms with Crippen LogP contribution in [0.5, 0.6) is 11.5 Å². The average molecular weight is 406 g/mol. The van der Waals surface area contributed by atoms with Crippen molar-refractivity contribution in [1.29, 1.82) is 0 Å². The largest absolute Gasteiger partial charge is 0.492 e. The highest BCUT2D eigenvalue weighted by atomic mass is 19.1. The number of ether oxygens (including phenoxy) is 2. The van der Waals surface area contributed by atoms with Crippen LogP contribution >= 0.6 is 0 Å². The van der Waals surface area contributed by atoms with Gasteiger partial charge >= 0.3 is 0 Å². The molecule has 0 fully saturated rings. The van der Waals surface area contributed by atoms with E-state index in [0.717, 1.165) is 5.75 Å². The Kier molecular flexibility index (Phi) is 5.61. The number of benzene rings is 3. The smallest absolute Gasteiger partial charge is 0.265 e. The summed E-state index contributed by atoms with van der Waals surface area (Å²) in [6.45, 7) is 0.584. The third kappa shape index (κ3) is 4.41. The Morgan fingerprint density at radius 3 is 2.60 bits per heavy atom. The van der Waals surface area contributed by atoms with Gasteiger partial charge in [0.2, 0.25) is 0 Å². The van der Waals surface area contributed by atoms with Crippen LogP contribution in [-0.2, 0) is 4.79 Å². The second kappa shape index (κ2) is 8.65. The van der Waals surface area contributed by atoms with Gasteiger partial charge in [-0.25, -0.2) is 4.39 Å². The predicted octanol–water partition coefficient (Wildman–Crippen LogP) is 3.88. The van der Waals surface area contributed by atoms with Crippen LogP contribution in [0.3, 0.4) is 0 Å². The zero-order valence-electron chi connectivity index (χ0n) is 16.0. The normalized spacial score (nSPS) is 12.7. The van der Waals surface area contributed by atoms with E-state index in [9.17, 15) is 14.0 Å². The van der Waals surface area contributed by atoms with Gasteiger partial charge in [0.15, 0.2) is 6.61 Å². The fourth-order valence-corrected chi connectivity index (χ4v) is 3.10. The molecule has 0 aromatic heterocycles. The standard InChI is InChI=1S/C23H19FN2O4/c24-17-8-6-16(7-9-17)23(28)25-18-10-11-21-20(14-18)26(22(27)15-30-21)12-13-29-19-4-2-1-3-5-19/h1-11,14H,12-13,15H2,(H,25,28). The maximum absolute atomic E-state index is 13.1. The van der Waals surface area contributed by atoms with Crippen molar-refractivity contribution in [3.63, 3.8) is 0 Å². The van der Waals surface area contributed by atoms with Gasteiger partial charge in [0.05, 0.1) is 12.2 Å². The van der Waals surface area contributed by atoms with Crippen molar-refractivity contribution in [3.05, 3.63) is 84.2 Å². The Morgan fingerprint density at radius 2 is 1.83 bits per heavy atom. The first-order valence-electron chi connectivity index (χ1n) is 9.42. The molecule has 2 amide bonds. The molecule has 3 aromatic carbocycles. The molecule has 0 saturated heterocycles. The molecule has 6 nitrogen and oxygen atoms in total. The quantitative estimate of drug-likeness (QED) is 0.675. The Hall–Kier alpha value is -3.87. The van der Waals surface area contributed by atoms with Crippen molar-refractivity contribution in [1.82, 2.24) is 0 Å². The van der Waals surface area contributed by atoms with Gasteiger partial charge in [-0.15, -0.1) is 0 Å². The summed E-state index contributed by atoms with van der Waals surface area (Å²) >= 11 is 0. The van der Waals surface area contributed by atoms with E-state index < -0.39 is 5.82 Å². The zero-order valence-corrected chi connectivity index (χ0v) is 16.0. The van der Waals surface area contributed by atoms with E-state index in [-0.39, 0.29) is 18.4 Å². The SMILES string of the molecule is O=C(Nc1ccc2c(c1)N(CCOc1ccccc1)C(=O)CO2)c1ccc(F)cc1. The highest BCUT2D eigenvalue weighted by Crippen LogP contribution is 2.34. The van der Waals surface area contributed by atoms with Crippen molar-refractivity contribution in [2.75, 3.05) is 30.0 Å². The number of nitrogens with zero attached hydrogens (tertiary/aromatic N) is 1. The molecule has 7 heteroatoms. The van der Waals surface area contributed by atoms with Gasteiger partial charge in [0, 0.05) is 11.3 Å². The number of nitrogens with one attached hydrogen (secondary N) is 1. The number of fused-ring (bicyclic) bond motifs is 1. The van der Waals surface area contributed by atoms with Crippen LogP contribution in [0.1, 0.15) is 10.4 Å². The summed E-state index contributed by atoms with van der Waals surface area (Å²) in [5, 5.41) is 2.76. The van der Waals surface area contributed by atoms with Crippen LogP contribution in [0.2, 0.25) is 0 Å². The zero-order chi connectivity index (χ0) is 20.9. The predicted molar refractivity (Wildman–Crippen MR) is 111 cm³/mol. The lowest BCUT2D eigenvalue weighted by Gasteiger charge is -2.29. The molecule has 1 aliphatic heterocycles. The molecule has 1 heterocycles. The molecule has 0 atom stereocenters. The number of amides is 2. The molecule has 0 unspecified atom stereocenters. The summed E-state index contributed by atoms with van der Waals surface area (Å²) in [5.74, 6) is 0.287. The van der Waals surface area contributed by atoms with Crippen molar-refractivity contribution in [3.8, 4) is 11.5 Å². The van der Waals surface area contributed by atoms with Crippen LogP contribution in [0.25, 0.3) is 0 Å². The molecule has 1 N–H and O–H groups in total. The molecule has 1 aliphatic rings. The van der Waals surface area contributed by atoms with Crippen LogP contribution in [-0.4, -0.2) is 31.6 Å². The number of carbonyl (C=O) groups is 2. The summed E-state index contributed by atoms with van der Waals surface area (Å²) in [4.78, 5) is 26.4. The first-order valence-corrected chi connectivity index (χ1v) is 9.42. The average Bonchev–Trinajstić information content (AvgIpc) is 2.76. The Labute approximate surface area is 172 Å². The summed E-state index contributed by atoms with van der Waals surface area (Å²) in [7, 11) is 0. The second-order valence-corrected chi connectivity index (χ2v) is 6.64. The second-order valence-electron chi connectivity index (χ2n) is 6.64. The Balaban J connectivity index is 1.48. The summed E-state index contributed by atoms with van der Waals surface area (Å²) in [6.07, 6.45) is 0. The molecular formula is C23H19FN2O4. The minimum absolute atomic E-state index is 0.0559. The highest BCUT2D eigenvalue weighted by molar-refractivity contribution is 6.05. The first-order chi connectivity index (χ1) is 14.6. The molecule has 0 bridgehead atoms. The number of hydrogen-bond donors (Lipinski definition) is 1. The number of rotatable bonds is 6. The topological polar surface area (TPSA) is 67.9 Å². The van der Waals surface area contributed by atoms with Gasteiger partial charge < -0.3 is 19.7 Å². The summed E-state index contributed by atoms with van der Waals surface area (Å²) in [6, 6.07) is 19.7. The first kappa shape index (κ1) is 19.4. The molecule has 4 rings (SSSR count). The van der Waals surface area contributed by atoms with Crippen molar-refractivity contribution < 1.29 is 23.5 Å². The van der Waals surface area contributed by atoms with E-state index in [1.165, 1.54) is 24.3 Å². The van der Waals surface area contributed by atoms with Gasteiger partial charge in [-0.3, -0.25) is 9.59 Å². The van der Waals surface area contributed by atoms with E-state index >= 15 is 0 Å². The molecular weight excluding hydrogens is 387 g/mol. The lowest BCUT2D eigenvalue weighted by atomic mass is 10.1. The molecule has 0 spiro atoms. The lowest BCUT2D eigenvalue weighted by molar-refractivity contribution is -0.121. The van der Waals surface area contributed by atoms with Crippen molar-refractivity contribution >= 4 is 23.2 Å². The van der Waals surface area contributed by atoms with E-state index in [2.05, 4.69) is 5.32 Å². The minimum atomic E-state index is -0.413. The monoisotopic (exact) mass is 406 g/mol. The molecule has 152 valence electrons. The molecule has 0 saturated carbocycles. The van der Waals surface area contributed by atoms with Crippen LogP contribution in [0.4, 0.5) is 15.8 Å². The molecule has 30 heavy (non-hydrogen) atoms.